The Bertz CT molecular complexity index is 662. The number of aromatic nitrogens is 2. The fraction of sp³-hybridized carbons (Fsp3) is 0.444. The Morgan fingerprint density at radius 3 is 2.91 bits per heavy atom. The molecule has 3 rings (SSSR count). The number of H-pyrrole nitrogens is 1. The standard InChI is InChI=1S/C18H23N3O/c1-13-6-3-4-7-15(13)10-17(22)21-9-5-8-16(12-21)18-19-11-14(2)20-18/h3-4,6-7,11,16H,5,8-10,12H2,1-2H3,(H,19,20)/t16-/m1/s1. The Kier molecular flexibility index (Phi) is 4.27. The maximum Gasteiger partial charge on any atom is 0.227 e. The van der Waals surface area contributed by atoms with E-state index in [4.69, 9.17) is 0 Å². The van der Waals surface area contributed by atoms with Crippen LogP contribution >= 0.6 is 0 Å². The number of hydrogen-bond donors (Lipinski definition) is 1. The number of nitrogens with one attached hydrogen (secondary N) is 1. The molecule has 4 nitrogen and oxygen atoms in total. The highest BCUT2D eigenvalue weighted by Gasteiger charge is 2.26. The molecule has 1 aliphatic rings. The fourth-order valence-corrected chi connectivity index (χ4v) is 3.15. The van der Waals surface area contributed by atoms with Crippen LogP contribution in [0.2, 0.25) is 0 Å². The van der Waals surface area contributed by atoms with Gasteiger partial charge < -0.3 is 9.88 Å². The first-order valence-electron chi connectivity index (χ1n) is 7.97. The predicted molar refractivity (Wildman–Crippen MR) is 86.8 cm³/mol. The minimum atomic E-state index is 0.224. The van der Waals surface area contributed by atoms with E-state index in [9.17, 15) is 4.79 Å². The van der Waals surface area contributed by atoms with E-state index < -0.39 is 0 Å². The smallest absolute Gasteiger partial charge is 0.227 e. The lowest BCUT2D eigenvalue weighted by atomic mass is 9.96. The van der Waals surface area contributed by atoms with Crippen molar-refractivity contribution in [3.05, 3.63) is 53.1 Å². The normalized spacial score (nSPS) is 18.5. The number of aryl methyl sites for hydroxylation is 2. The molecule has 1 amide bonds. The zero-order chi connectivity index (χ0) is 15.5. The van der Waals surface area contributed by atoms with E-state index in [0.29, 0.717) is 12.3 Å². The summed E-state index contributed by atoms with van der Waals surface area (Å²) in [4.78, 5) is 22.3. The number of amides is 1. The third kappa shape index (κ3) is 3.21. The molecule has 22 heavy (non-hydrogen) atoms. The van der Waals surface area contributed by atoms with E-state index in [2.05, 4.69) is 23.0 Å². The van der Waals surface area contributed by atoms with Gasteiger partial charge in [0.1, 0.15) is 5.82 Å². The SMILES string of the molecule is Cc1cnc([C@@H]2CCCN(C(=O)Cc3ccccc3C)C2)[nH]1. The largest absolute Gasteiger partial charge is 0.346 e. The van der Waals surface area contributed by atoms with Gasteiger partial charge in [-0.05, 0) is 37.8 Å². The van der Waals surface area contributed by atoms with Crippen molar-refractivity contribution in [1.29, 1.82) is 0 Å². The van der Waals surface area contributed by atoms with Crippen LogP contribution in [0.25, 0.3) is 0 Å². The van der Waals surface area contributed by atoms with Gasteiger partial charge in [0.15, 0.2) is 0 Å². The molecule has 1 aromatic carbocycles. The highest BCUT2D eigenvalue weighted by Crippen LogP contribution is 2.25. The van der Waals surface area contributed by atoms with Crippen molar-refractivity contribution in [3.63, 3.8) is 0 Å². The molecule has 0 radical (unpaired) electrons. The number of benzene rings is 1. The molecular weight excluding hydrogens is 274 g/mol. The Morgan fingerprint density at radius 1 is 1.36 bits per heavy atom. The first-order valence-corrected chi connectivity index (χ1v) is 7.97. The lowest BCUT2D eigenvalue weighted by Crippen LogP contribution is -2.40. The average molecular weight is 297 g/mol. The molecule has 2 aromatic rings. The second-order valence-electron chi connectivity index (χ2n) is 6.23. The number of carbonyl (C=O) groups is 1. The van der Waals surface area contributed by atoms with Crippen molar-refractivity contribution < 1.29 is 4.79 Å². The summed E-state index contributed by atoms with van der Waals surface area (Å²) < 4.78 is 0. The molecule has 0 bridgehead atoms. The summed E-state index contributed by atoms with van der Waals surface area (Å²) in [5.74, 6) is 1.58. The van der Waals surface area contributed by atoms with Crippen molar-refractivity contribution in [1.82, 2.24) is 14.9 Å². The number of imidazole rings is 1. The second-order valence-corrected chi connectivity index (χ2v) is 6.23. The molecule has 0 unspecified atom stereocenters. The molecule has 0 spiro atoms. The highest BCUT2D eigenvalue weighted by atomic mass is 16.2. The first kappa shape index (κ1) is 14.8. The number of piperidine rings is 1. The fourth-order valence-electron chi connectivity index (χ4n) is 3.15. The van der Waals surface area contributed by atoms with Crippen molar-refractivity contribution in [2.45, 2.75) is 39.0 Å². The van der Waals surface area contributed by atoms with Gasteiger partial charge in [0.05, 0.1) is 6.42 Å². The molecule has 116 valence electrons. The van der Waals surface area contributed by atoms with Gasteiger partial charge in [-0.15, -0.1) is 0 Å². The molecule has 1 aliphatic heterocycles. The molecule has 1 N–H and O–H groups in total. The van der Waals surface area contributed by atoms with Crippen molar-refractivity contribution in [3.8, 4) is 0 Å². The summed E-state index contributed by atoms with van der Waals surface area (Å²) in [6, 6.07) is 8.12. The van der Waals surface area contributed by atoms with E-state index >= 15 is 0 Å². The van der Waals surface area contributed by atoms with E-state index in [1.54, 1.807) is 0 Å². The molecule has 1 saturated heterocycles. The summed E-state index contributed by atoms with van der Waals surface area (Å²) in [6.45, 7) is 5.71. The topological polar surface area (TPSA) is 49.0 Å². The van der Waals surface area contributed by atoms with Gasteiger partial charge in [-0.1, -0.05) is 24.3 Å². The van der Waals surface area contributed by atoms with Crippen LogP contribution in [0.15, 0.2) is 30.5 Å². The minimum Gasteiger partial charge on any atom is -0.346 e. The number of carbonyl (C=O) groups excluding carboxylic acids is 1. The van der Waals surface area contributed by atoms with Crippen LogP contribution in [-0.2, 0) is 11.2 Å². The van der Waals surface area contributed by atoms with Gasteiger partial charge >= 0.3 is 0 Å². The van der Waals surface area contributed by atoms with Crippen molar-refractivity contribution in [2.75, 3.05) is 13.1 Å². The first-order chi connectivity index (χ1) is 10.6. The van der Waals surface area contributed by atoms with Crippen LogP contribution in [0, 0.1) is 13.8 Å². The Morgan fingerprint density at radius 2 is 2.18 bits per heavy atom. The zero-order valence-corrected chi connectivity index (χ0v) is 13.3. The third-order valence-electron chi connectivity index (χ3n) is 4.49. The lowest BCUT2D eigenvalue weighted by Gasteiger charge is -2.32. The van der Waals surface area contributed by atoms with E-state index in [0.717, 1.165) is 43.0 Å². The maximum atomic E-state index is 12.6. The van der Waals surface area contributed by atoms with Gasteiger partial charge in [0, 0.05) is 30.9 Å². The molecule has 0 aliphatic carbocycles. The van der Waals surface area contributed by atoms with Crippen LogP contribution < -0.4 is 0 Å². The number of rotatable bonds is 3. The number of aromatic amines is 1. The lowest BCUT2D eigenvalue weighted by molar-refractivity contribution is -0.131. The van der Waals surface area contributed by atoms with Crippen molar-refractivity contribution >= 4 is 5.91 Å². The highest BCUT2D eigenvalue weighted by molar-refractivity contribution is 5.79. The van der Waals surface area contributed by atoms with E-state index in [1.807, 2.05) is 36.2 Å². The maximum absolute atomic E-state index is 12.6. The zero-order valence-electron chi connectivity index (χ0n) is 13.3. The number of nitrogens with zero attached hydrogens (tertiary/aromatic N) is 2. The third-order valence-corrected chi connectivity index (χ3v) is 4.49. The van der Waals surface area contributed by atoms with Gasteiger partial charge in [-0.3, -0.25) is 4.79 Å². The van der Waals surface area contributed by atoms with Gasteiger partial charge in [-0.2, -0.15) is 0 Å². The molecular formula is C18H23N3O. The Balaban J connectivity index is 1.66. The summed E-state index contributed by atoms with van der Waals surface area (Å²) in [7, 11) is 0. The molecule has 1 atom stereocenters. The molecule has 4 heteroatoms. The molecule has 2 heterocycles. The summed E-state index contributed by atoms with van der Waals surface area (Å²) >= 11 is 0. The Hall–Kier alpha value is -2.10. The summed E-state index contributed by atoms with van der Waals surface area (Å²) in [6.07, 6.45) is 4.50. The quantitative estimate of drug-likeness (QED) is 0.947. The molecule has 1 fully saturated rings. The molecule has 1 aromatic heterocycles. The van der Waals surface area contributed by atoms with Crippen LogP contribution in [-0.4, -0.2) is 33.9 Å². The minimum absolute atomic E-state index is 0.224. The van der Waals surface area contributed by atoms with E-state index in [-0.39, 0.29) is 5.91 Å². The van der Waals surface area contributed by atoms with Crippen LogP contribution in [0.3, 0.4) is 0 Å². The second kappa shape index (κ2) is 6.34. The van der Waals surface area contributed by atoms with Crippen molar-refractivity contribution in [2.24, 2.45) is 0 Å². The van der Waals surface area contributed by atoms with Crippen LogP contribution in [0.1, 0.15) is 41.4 Å². The predicted octanol–water partition coefficient (Wildman–Crippen LogP) is 2.98. The van der Waals surface area contributed by atoms with Gasteiger partial charge in [-0.25, -0.2) is 4.98 Å². The monoisotopic (exact) mass is 297 g/mol. The van der Waals surface area contributed by atoms with Crippen LogP contribution in [0.5, 0.6) is 0 Å². The number of likely N-dealkylation sites (tertiary alicyclic amines) is 1. The van der Waals surface area contributed by atoms with Gasteiger partial charge in [0.25, 0.3) is 0 Å². The summed E-state index contributed by atoms with van der Waals surface area (Å²) in [5, 5.41) is 0. The van der Waals surface area contributed by atoms with E-state index in [1.165, 1.54) is 5.56 Å². The van der Waals surface area contributed by atoms with Gasteiger partial charge in [0.2, 0.25) is 5.91 Å². The van der Waals surface area contributed by atoms with Crippen LogP contribution in [0.4, 0.5) is 0 Å². The molecule has 0 saturated carbocycles. The Labute approximate surface area is 131 Å². The average Bonchev–Trinajstić information content (AvgIpc) is 2.96. The summed E-state index contributed by atoms with van der Waals surface area (Å²) in [5.41, 5.74) is 3.40. The number of hydrogen-bond acceptors (Lipinski definition) is 2.